The summed E-state index contributed by atoms with van der Waals surface area (Å²) < 4.78 is 40.4. The van der Waals surface area contributed by atoms with Crippen molar-refractivity contribution >= 4 is 48.9 Å². The molecule has 0 aliphatic carbocycles. The summed E-state index contributed by atoms with van der Waals surface area (Å²) in [6, 6.07) is 6.49. The van der Waals surface area contributed by atoms with Crippen LogP contribution < -0.4 is 10.5 Å². The monoisotopic (exact) mass is 392 g/mol. The molecule has 2 aromatic rings. The van der Waals surface area contributed by atoms with Crippen molar-refractivity contribution in [3.63, 3.8) is 0 Å². The van der Waals surface area contributed by atoms with Crippen LogP contribution in [0, 0.1) is 12.7 Å². The largest absolute Gasteiger partial charge is 0.399 e. The van der Waals surface area contributed by atoms with Crippen molar-refractivity contribution in [1.29, 1.82) is 0 Å². The summed E-state index contributed by atoms with van der Waals surface area (Å²) in [7, 11) is -3.85. The van der Waals surface area contributed by atoms with Crippen molar-refractivity contribution in [2.75, 3.05) is 10.5 Å². The van der Waals surface area contributed by atoms with Crippen molar-refractivity contribution in [2.45, 2.75) is 11.8 Å². The van der Waals surface area contributed by atoms with Crippen LogP contribution in [-0.4, -0.2) is 8.42 Å². The molecule has 21 heavy (non-hydrogen) atoms. The summed E-state index contributed by atoms with van der Waals surface area (Å²) in [5, 5.41) is -0.0439. The molecule has 0 bridgehead atoms. The molecule has 0 unspecified atom stereocenters. The van der Waals surface area contributed by atoms with E-state index in [0.717, 1.165) is 12.1 Å². The van der Waals surface area contributed by atoms with E-state index in [1.54, 1.807) is 6.92 Å². The molecule has 0 amide bonds. The zero-order chi connectivity index (χ0) is 15.8. The van der Waals surface area contributed by atoms with Gasteiger partial charge in [-0.1, -0.05) is 11.6 Å². The molecule has 0 radical (unpaired) electrons. The minimum absolute atomic E-state index is 0.0430. The summed E-state index contributed by atoms with van der Waals surface area (Å²) in [4.78, 5) is 0.0430. The minimum Gasteiger partial charge on any atom is -0.399 e. The Bertz CT molecular complexity index is 789. The molecule has 0 fully saturated rings. The average Bonchev–Trinajstić information content (AvgIpc) is 2.37. The summed E-state index contributed by atoms with van der Waals surface area (Å²) in [6.07, 6.45) is 0. The SMILES string of the molecule is Cc1cc(S(=O)(=O)Nc2c(Cl)cc(F)cc2Br)ccc1N. The van der Waals surface area contributed by atoms with Crippen molar-refractivity contribution in [1.82, 2.24) is 0 Å². The Labute approximate surface area is 135 Å². The Balaban J connectivity index is 2.44. The van der Waals surface area contributed by atoms with E-state index < -0.39 is 15.8 Å². The highest BCUT2D eigenvalue weighted by molar-refractivity contribution is 9.10. The van der Waals surface area contributed by atoms with Crippen molar-refractivity contribution in [3.05, 3.63) is 51.2 Å². The number of nitrogens with two attached hydrogens (primary N) is 1. The number of nitrogen functional groups attached to an aromatic ring is 1. The van der Waals surface area contributed by atoms with Crippen LogP contribution in [0.15, 0.2) is 39.7 Å². The second kappa shape index (κ2) is 5.82. The molecule has 2 rings (SSSR count). The topological polar surface area (TPSA) is 72.2 Å². The number of nitrogens with one attached hydrogen (secondary N) is 1. The van der Waals surface area contributed by atoms with Gasteiger partial charge in [0.1, 0.15) is 5.82 Å². The summed E-state index contributed by atoms with van der Waals surface area (Å²) in [6.45, 7) is 1.70. The van der Waals surface area contributed by atoms with E-state index in [0.29, 0.717) is 11.3 Å². The Morgan fingerprint density at radius 2 is 1.95 bits per heavy atom. The maximum Gasteiger partial charge on any atom is 0.261 e. The Kier molecular flexibility index (Phi) is 4.46. The van der Waals surface area contributed by atoms with Gasteiger partial charge < -0.3 is 5.73 Å². The van der Waals surface area contributed by atoms with Crippen LogP contribution in [0.3, 0.4) is 0 Å². The molecule has 0 aromatic heterocycles. The molecular formula is C13H11BrClFN2O2S. The quantitative estimate of drug-likeness (QED) is 0.776. The van der Waals surface area contributed by atoms with E-state index >= 15 is 0 Å². The normalized spacial score (nSPS) is 11.4. The molecule has 0 spiro atoms. The van der Waals surface area contributed by atoms with Gasteiger partial charge in [0.25, 0.3) is 10.0 Å². The van der Waals surface area contributed by atoms with Crippen LogP contribution in [0.25, 0.3) is 0 Å². The van der Waals surface area contributed by atoms with Crippen LogP contribution in [0.4, 0.5) is 15.8 Å². The maximum atomic E-state index is 13.2. The Hall–Kier alpha value is -1.31. The van der Waals surface area contributed by atoms with E-state index in [-0.39, 0.29) is 20.1 Å². The second-order valence-electron chi connectivity index (χ2n) is 4.37. The lowest BCUT2D eigenvalue weighted by atomic mass is 10.2. The third-order valence-corrected chi connectivity index (χ3v) is 5.07. The summed E-state index contributed by atoms with van der Waals surface area (Å²) in [5.41, 5.74) is 6.88. The first-order valence-electron chi connectivity index (χ1n) is 5.74. The van der Waals surface area contributed by atoms with E-state index in [1.165, 1.54) is 18.2 Å². The summed E-state index contributed by atoms with van der Waals surface area (Å²) in [5.74, 6) is -0.571. The van der Waals surface area contributed by atoms with Gasteiger partial charge in [-0.3, -0.25) is 4.72 Å². The standard InChI is InChI=1S/C13H11BrClFN2O2S/c1-7-4-9(2-3-12(7)17)21(19,20)18-13-10(14)5-8(16)6-11(13)15/h2-6,18H,17H2,1H3. The van der Waals surface area contributed by atoms with E-state index in [2.05, 4.69) is 20.7 Å². The molecule has 0 aliphatic rings. The van der Waals surface area contributed by atoms with Crippen LogP contribution in [0.5, 0.6) is 0 Å². The van der Waals surface area contributed by atoms with Gasteiger partial charge in [-0.2, -0.15) is 0 Å². The zero-order valence-corrected chi connectivity index (χ0v) is 14.0. The number of hydrogen-bond acceptors (Lipinski definition) is 3. The second-order valence-corrected chi connectivity index (χ2v) is 7.31. The predicted molar refractivity (Wildman–Crippen MR) is 85.5 cm³/mol. The van der Waals surface area contributed by atoms with Gasteiger partial charge in [-0.25, -0.2) is 12.8 Å². The molecule has 0 atom stereocenters. The number of sulfonamides is 1. The number of rotatable bonds is 3. The molecule has 0 heterocycles. The first kappa shape index (κ1) is 16.1. The first-order valence-corrected chi connectivity index (χ1v) is 8.39. The fourth-order valence-electron chi connectivity index (χ4n) is 1.65. The fraction of sp³-hybridized carbons (Fsp3) is 0.0769. The van der Waals surface area contributed by atoms with Gasteiger partial charge in [0.05, 0.1) is 15.6 Å². The molecule has 0 saturated heterocycles. The predicted octanol–water partition coefficient (Wildman–Crippen LogP) is 3.93. The lowest BCUT2D eigenvalue weighted by Gasteiger charge is -2.12. The summed E-state index contributed by atoms with van der Waals surface area (Å²) >= 11 is 8.95. The highest BCUT2D eigenvalue weighted by atomic mass is 79.9. The van der Waals surface area contributed by atoms with E-state index in [9.17, 15) is 12.8 Å². The molecule has 8 heteroatoms. The molecule has 0 saturated carbocycles. The van der Waals surface area contributed by atoms with Crippen LogP contribution in [0.2, 0.25) is 5.02 Å². The third kappa shape index (κ3) is 3.48. The number of aryl methyl sites for hydroxylation is 1. The smallest absolute Gasteiger partial charge is 0.261 e. The number of hydrogen-bond donors (Lipinski definition) is 2. The van der Waals surface area contributed by atoms with E-state index in [1.807, 2.05) is 0 Å². The Morgan fingerprint density at radius 1 is 1.29 bits per heavy atom. The van der Waals surface area contributed by atoms with Crippen LogP contribution in [-0.2, 0) is 10.0 Å². The molecule has 112 valence electrons. The average molecular weight is 394 g/mol. The third-order valence-electron chi connectivity index (χ3n) is 2.79. The lowest BCUT2D eigenvalue weighted by Crippen LogP contribution is -2.14. The van der Waals surface area contributed by atoms with Gasteiger partial charge in [0.2, 0.25) is 0 Å². The van der Waals surface area contributed by atoms with Crippen LogP contribution in [0.1, 0.15) is 5.56 Å². The number of halogens is 3. The molecule has 3 N–H and O–H groups in total. The highest BCUT2D eigenvalue weighted by Gasteiger charge is 2.19. The van der Waals surface area contributed by atoms with E-state index in [4.69, 9.17) is 17.3 Å². The number of benzene rings is 2. The Morgan fingerprint density at radius 3 is 2.52 bits per heavy atom. The molecule has 4 nitrogen and oxygen atoms in total. The maximum absolute atomic E-state index is 13.2. The molecule has 0 aliphatic heterocycles. The zero-order valence-electron chi connectivity index (χ0n) is 10.8. The molecule has 2 aromatic carbocycles. The first-order chi connectivity index (χ1) is 9.70. The van der Waals surface area contributed by atoms with Crippen molar-refractivity contribution in [3.8, 4) is 0 Å². The molecular weight excluding hydrogens is 383 g/mol. The van der Waals surface area contributed by atoms with Gasteiger partial charge in [-0.05, 0) is 58.7 Å². The van der Waals surface area contributed by atoms with Crippen molar-refractivity contribution < 1.29 is 12.8 Å². The lowest BCUT2D eigenvalue weighted by molar-refractivity contribution is 0.601. The van der Waals surface area contributed by atoms with Gasteiger partial charge in [-0.15, -0.1) is 0 Å². The van der Waals surface area contributed by atoms with Gasteiger partial charge >= 0.3 is 0 Å². The highest BCUT2D eigenvalue weighted by Crippen LogP contribution is 2.33. The van der Waals surface area contributed by atoms with Gasteiger partial charge in [0, 0.05) is 10.2 Å². The minimum atomic E-state index is -3.85. The number of anilines is 2. The van der Waals surface area contributed by atoms with Crippen LogP contribution >= 0.6 is 27.5 Å². The van der Waals surface area contributed by atoms with Gasteiger partial charge in [0.15, 0.2) is 0 Å². The fourth-order valence-corrected chi connectivity index (χ4v) is 3.92. The van der Waals surface area contributed by atoms with Crippen molar-refractivity contribution in [2.24, 2.45) is 0 Å².